The minimum absolute atomic E-state index is 0.0241. The van der Waals surface area contributed by atoms with Gasteiger partial charge in [0.2, 0.25) is 5.91 Å². The third-order valence-electron chi connectivity index (χ3n) is 6.92. The maximum Gasteiger partial charge on any atom is 0.253 e. The fraction of sp³-hybridized carbons (Fsp3) is 0.500. The highest BCUT2D eigenvalue weighted by molar-refractivity contribution is 5.94. The van der Waals surface area contributed by atoms with Gasteiger partial charge in [-0.15, -0.1) is 0 Å². The fourth-order valence-corrected chi connectivity index (χ4v) is 4.92. The number of hydrogen-bond donors (Lipinski definition) is 1. The molecule has 2 heterocycles. The molecule has 170 valence electrons. The normalized spacial score (nSPS) is 18.3. The molecule has 32 heavy (non-hydrogen) atoms. The van der Waals surface area contributed by atoms with Crippen LogP contribution in [0.25, 0.3) is 0 Å². The van der Waals surface area contributed by atoms with Crippen LogP contribution in [0.1, 0.15) is 73.0 Å². The van der Waals surface area contributed by atoms with E-state index < -0.39 is 0 Å². The van der Waals surface area contributed by atoms with Crippen molar-refractivity contribution >= 4 is 17.5 Å². The van der Waals surface area contributed by atoms with Crippen LogP contribution in [0.15, 0.2) is 42.7 Å². The highest BCUT2D eigenvalue weighted by Crippen LogP contribution is 2.32. The van der Waals surface area contributed by atoms with Crippen molar-refractivity contribution in [2.75, 3.05) is 25.0 Å². The number of amides is 2. The Morgan fingerprint density at radius 2 is 1.88 bits per heavy atom. The van der Waals surface area contributed by atoms with Gasteiger partial charge in [0, 0.05) is 56.2 Å². The van der Waals surface area contributed by atoms with Crippen molar-refractivity contribution in [3.8, 4) is 0 Å². The molecule has 1 N–H and O–H groups in total. The van der Waals surface area contributed by atoms with E-state index in [9.17, 15) is 9.59 Å². The second-order valence-electron chi connectivity index (χ2n) is 9.02. The molecule has 1 aliphatic carbocycles. The molecular weight excluding hydrogens is 400 g/mol. The lowest BCUT2D eigenvalue weighted by Crippen LogP contribution is -2.45. The molecule has 1 aromatic carbocycles. The van der Waals surface area contributed by atoms with Crippen molar-refractivity contribution in [2.24, 2.45) is 0 Å². The van der Waals surface area contributed by atoms with Crippen molar-refractivity contribution in [1.29, 1.82) is 0 Å². The van der Waals surface area contributed by atoms with Gasteiger partial charge in [0.1, 0.15) is 0 Å². The van der Waals surface area contributed by atoms with Crippen LogP contribution in [0.2, 0.25) is 0 Å². The molecule has 0 unspecified atom stereocenters. The molecule has 0 bridgehead atoms. The zero-order valence-electron chi connectivity index (χ0n) is 19.2. The number of rotatable bonds is 7. The lowest BCUT2D eigenvalue weighted by molar-refractivity contribution is -0.121. The number of carbonyl (C=O) groups excluding carboxylic acids is 2. The number of fused-ring (bicyclic) bond motifs is 1. The second-order valence-corrected chi connectivity index (χ2v) is 9.02. The van der Waals surface area contributed by atoms with Gasteiger partial charge in [-0.25, -0.2) is 0 Å². The van der Waals surface area contributed by atoms with E-state index in [0.29, 0.717) is 6.42 Å². The number of aryl methyl sites for hydroxylation is 1. The first-order valence-corrected chi connectivity index (χ1v) is 11.9. The summed E-state index contributed by atoms with van der Waals surface area (Å²) in [7, 11) is 1.92. The van der Waals surface area contributed by atoms with E-state index in [4.69, 9.17) is 0 Å². The van der Waals surface area contributed by atoms with Gasteiger partial charge in [0.25, 0.3) is 5.91 Å². The Bertz CT molecular complexity index is 938. The third-order valence-corrected chi connectivity index (χ3v) is 6.92. The van der Waals surface area contributed by atoms with Crippen molar-refractivity contribution in [2.45, 2.75) is 64.0 Å². The zero-order valence-corrected chi connectivity index (χ0v) is 19.2. The fourth-order valence-electron chi connectivity index (χ4n) is 4.92. The summed E-state index contributed by atoms with van der Waals surface area (Å²) in [5.41, 5.74) is 4.27. The average Bonchev–Trinajstić information content (AvgIpc) is 3.24. The Hall–Kier alpha value is -2.89. The molecule has 6 nitrogen and oxygen atoms in total. The van der Waals surface area contributed by atoms with Gasteiger partial charge in [0.05, 0.1) is 6.04 Å². The number of pyridine rings is 1. The standard InChI is InChI=1S/C26H34N4O2/c1-3-4-5-25(31)28-24-9-8-19-6-7-20(18-23(19)24)26(32)29(2)21-12-16-30(17-13-21)22-10-14-27-15-11-22/h6-7,10-11,14-15,18,21,24H,3-5,8-9,12-13,16-17H2,1-2H3,(H,28,31)/t24-/m1/s1. The Morgan fingerprint density at radius 3 is 2.59 bits per heavy atom. The van der Waals surface area contributed by atoms with Crippen LogP contribution in [0, 0.1) is 0 Å². The molecular formula is C26H34N4O2. The van der Waals surface area contributed by atoms with Crippen molar-refractivity contribution in [1.82, 2.24) is 15.2 Å². The van der Waals surface area contributed by atoms with Gasteiger partial charge in [-0.1, -0.05) is 19.4 Å². The first-order chi connectivity index (χ1) is 15.6. The average molecular weight is 435 g/mol. The van der Waals surface area contributed by atoms with Gasteiger partial charge in [0.15, 0.2) is 0 Å². The summed E-state index contributed by atoms with van der Waals surface area (Å²) in [6.45, 7) is 3.96. The summed E-state index contributed by atoms with van der Waals surface area (Å²) in [5.74, 6) is 0.178. The molecule has 0 radical (unpaired) electrons. The van der Waals surface area contributed by atoms with Crippen LogP contribution in [0.3, 0.4) is 0 Å². The van der Waals surface area contributed by atoms with E-state index in [-0.39, 0.29) is 23.9 Å². The first kappa shape index (κ1) is 22.3. The van der Waals surface area contributed by atoms with Gasteiger partial charge < -0.3 is 15.1 Å². The summed E-state index contributed by atoms with van der Waals surface area (Å²) >= 11 is 0. The van der Waals surface area contributed by atoms with Crippen LogP contribution in [-0.4, -0.2) is 47.9 Å². The number of piperidine rings is 1. The van der Waals surface area contributed by atoms with Gasteiger partial charge in [-0.2, -0.15) is 0 Å². The highest BCUT2D eigenvalue weighted by Gasteiger charge is 2.29. The summed E-state index contributed by atoms with van der Waals surface area (Å²) in [5, 5.41) is 3.18. The predicted molar refractivity (Wildman–Crippen MR) is 127 cm³/mol. The maximum atomic E-state index is 13.3. The first-order valence-electron chi connectivity index (χ1n) is 11.9. The van der Waals surface area contributed by atoms with Crippen LogP contribution >= 0.6 is 0 Å². The number of carbonyl (C=O) groups is 2. The lowest BCUT2D eigenvalue weighted by atomic mass is 10.00. The van der Waals surface area contributed by atoms with E-state index >= 15 is 0 Å². The number of anilines is 1. The minimum atomic E-state index is 0.0241. The molecule has 0 saturated carbocycles. The zero-order chi connectivity index (χ0) is 22.5. The summed E-state index contributed by atoms with van der Waals surface area (Å²) in [6.07, 6.45) is 9.91. The number of unbranched alkanes of at least 4 members (excludes halogenated alkanes) is 1. The third kappa shape index (κ3) is 4.95. The molecule has 1 atom stereocenters. The molecule has 4 rings (SSSR count). The Morgan fingerprint density at radius 1 is 1.12 bits per heavy atom. The van der Waals surface area contributed by atoms with Gasteiger partial charge in [-0.05, 0) is 67.5 Å². The van der Waals surface area contributed by atoms with E-state index in [2.05, 4.69) is 28.2 Å². The van der Waals surface area contributed by atoms with E-state index in [0.717, 1.165) is 62.7 Å². The topological polar surface area (TPSA) is 65.5 Å². The maximum absolute atomic E-state index is 13.3. The number of nitrogens with zero attached hydrogens (tertiary/aromatic N) is 3. The SMILES string of the molecule is CCCCC(=O)N[C@@H]1CCc2ccc(C(=O)N(C)C3CCN(c4ccncc4)CC3)cc21. The van der Waals surface area contributed by atoms with E-state index in [1.54, 1.807) is 0 Å². The minimum Gasteiger partial charge on any atom is -0.371 e. The molecule has 0 spiro atoms. The largest absolute Gasteiger partial charge is 0.371 e. The van der Waals surface area contributed by atoms with Crippen LogP contribution in [0.4, 0.5) is 5.69 Å². The molecule has 1 saturated heterocycles. The number of hydrogen-bond acceptors (Lipinski definition) is 4. The molecule has 6 heteroatoms. The molecule has 1 aliphatic heterocycles. The molecule has 1 fully saturated rings. The monoisotopic (exact) mass is 434 g/mol. The number of benzene rings is 1. The van der Waals surface area contributed by atoms with Crippen LogP contribution in [0.5, 0.6) is 0 Å². The second kappa shape index (κ2) is 10.2. The number of aromatic nitrogens is 1. The Labute approximate surface area is 191 Å². The summed E-state index contributed by atoms with van der Waals surface area (Å²) in [6, 6.07) is 10.4. The summed E-state index contributed by atoms with van der Waals surface area (Å²) < 4.78 is 0. The van der Waals surface area contributed by atoms with Gasteiger partial charge in [-0.3, -0.25) is 14.6 Å². The Kier molecular flexibility index (Phi) is 7.08. The summed E-state index contributed by atoms with van der Waals surface area (Å²) in [4.78, 5) is 33.9. The van der Waals surface area contributed by atoms with Gasteiger partial charge >= 0.3 is 0 Å². The molecule has 2 amide bonds. The van der Waals surface area contributed by atoms with Crippen molar-refractivity contribution in [3.05, 3.63) is 59.4 Å². The van der Waals surface area contributed by atoms with Crippen LogP contribution < -0.4 is 10.2 Å². The van der Waals surface area contributed by atoms with E-state index in [1.165, 1.54) is 11.3 Å². The van der Waals surface area contributed by atoms with Crippen LogP contribution in [-0.2, 0) is 11.2 Å². The quantitative estimate of drug-likeness (QED) is 0.712. The number of nitrogens with one attached hydrogen (secondary N) is 1. The molecule has 2 aliphatic rings. The highest BCUT2D eigenvalue weighted by atomic mass is 16.2. The molecule has 1 aromatic heterocycles. The smallest absolute Gasteiger partial charge is 0.253 e. The molecule has 2 aromatic rings. The van der Waals surface area contributed by atoms with Crippen molar-refractivity contribution < 1.29 is 9.59 Å². The Balaban J connectivity index is 1.38. The predicted octanol–water partition coefficient (Wildman–Crippen LogP) is 4.12. The lowest BCUT2D eigenvalue weighted by Gasteiger charge is -2.38. The van der Waals surface area contributed by atoms with Crippen molar-refractivity contribution in [3.63, 3.8) is 0 Å². The van der Waals surface area contributed by atoms with E-state index in [1.807, 2.05) is 48.6 Å².